The Morgan fingerprint density at radius 1 is 1.24 bits per heavy atom. The van der Waals surface area contributed by atoms with Gasteiger partial charge in [0.1, 0.15) is 5.54 Å². The van der Waals surface area contributed by atoms with Crippen LogP contribution in [0.25, 0.3) is 0 Å². The standard InChI is InChI=1S/C16H27NO4/c1-12(13-5-3-2-4-6-13)11-14(18)17-16(15(19)20)7-9-21-10-8-16/h12-13H,2-11H2,1H3,(H,17,18)(H,19,20). The fourth-order valence-electron chi connectivity index (χ4n) is 3.59. The molecule has 1 heterocycles. The van der Waals surface area contributed by atoms with Gasteiger partial charge in [-0.1, -0.05) is 39.0 Å². The Morgan fingerprint density at radius 2 is 1.86 bits per heavy atom. The van der Waals surface area contributed by atoms with Crippen molar-refractivity contribution < 1.29 is 19.4 Å². The molecule has 1 aliphatic heterocycles. The van der Waals surface area contributed by atoms with Gasteiger partial charge in [0.15, 0.2) is 0 Å². The summed E-state index contributed by atoms with van der Waals surface area (Å²) in [5, 5.41) is 12.2. The molecule has 1 atom stereocenters. The summed E-state index contributed by atoms with van der Waals surface area (Å²) in [5.74, 6) is -0.127. The number of carboxylic acids is 1. The first-order valence-corrected chi connectivity index (χ1v) is 8.16. The minimum Gasteiger partial charge on any atom is -0.480 e. The number of amides is 1. The molecule has 2 rings (SSSR count). The minimum absolute atomic E-state index is 0.127. The lowest BCUT2D eigenvalue weighted by Crippen LogP contribution is -2.57. The van der Waals surface area contributed by atoms with Crippen molar-refractivity contribution in [3.05, 3.63) is 0 Å². The molecular weight excluding hydrogens is 270 g/mol. The van der Waals surface area contributed by atoms with Crippen LogP contribution in [0.15, 0.2) is 0 Å². The van der Waals surface area contributed by atoms with Crippen LogP contribution in [0.1, 0.15) is 58.3 Å². The lowest BCUT2D eigenvalue weighted by molar-refractivity contribution is -0.152. The van der Waals surface area contributed by atoms with Crippen LogP contribution in [0.3, 0.4) is 0 Å². The van der Waals surface area contributed by atoms with Gasteiger partial charge in [-0.05, 0) is 11.8 Å². The topological polar surface area (TPSA) is 75.6 Å². The second kappa shape index (κ2) is 7.25. The second-order valence-electron chi connectivity index (χ2n) is 6.63. The van der Waals surface area contributed by atoms with Gasteiger partial charge in [-0.15, -0.1) is 0 Å². The van der Waals surface area contributed by atoms with E-state index in [0.29, 0.717) is 44.3 Å². The minimum atomic E-state index is -1.12. The predicted molar refractivity (Wildman–Crippen MR) is 78.9 cm³/mol. The second-order valence-corrected chi connectivity index (χ2v) is 6.63. The zero-order chi connectivity index (χ0) is 15.3. The van der Waals surface area contributed by atoms with Gasteiger partial charge in [-0.2, -0.15) is 0 Å². The zero-order valence-electron chi connectivity index (χ0n) is 12.9. The molecule has 120 valence electrons. The molecule has 2 aliphatic rings. The van der Waals surface area contributed by atoms with Crippen LogP contribution in [0.2, 0.25) is 0 Å². The van der Waals surface area contributed by atoms with Crippen LogP contribution in [-0.2, 0) is 14.3 Å². The highest BCUT2D eigenvalue weighted by Gasteiger charge is 2.41. The summed E-state index contributed by atoms with van der Waals surface area (Å²) < 4.78 is 5.22. The molecule has 1 saturated carbocycles. The summed E-state index contributed by atoms with van der Waals surface area (Å²) in [7, 11) is 0. The van der Waals surface area contributed by atoms with Gasteiger partial charge in [-0.3, -0.25) is 4.79 Å². The number of nitrogens with one attached hydrogen (secondary N) is 1. The summed E-state index contributed by atoms with van der Waals surface area (Å²) in [4.78, 5) is 23.8. The molecule has 0 aromatic carbocycles. The maximum atomic E-state index is 12.3. The molecule has 1 amide bonds. The molecule has 0 aromatic heterocycles. The van der Waals surface area contributed by atoms with Crippen molar-refractivity contribution in [2.24, 2.45) is 11.8 Å². The van der Waals surface area contributed by atoms with Crippen molar-refractivity contribution in [1.29, 1.82) is 0 Å². The van der Waals surface area contributed by atoms with Gasteiger partial charge in [0.05, 0.1) is 0 Å². The summed E-state index contributed by atoms with van der Waals surface area (Å²) in [5.41, 5.74) is -1.12. The SMILES string of the molecule is CC(CC(=O)NC1(C(=O)O)CCOCC1)C1CCCCC1. The zero-order valence-corrected chi connectivity index (χ0v) is 12.9. The van der Waals surface area contributed by atoms with Gasteiger partial charge >= 0.3 is 5.97 Å². The Bertz CT molecular complexity index is 370. The van der Waals surface area contributed by atoms with E-state index in [1.807, 2.05) is 0 Å². The molecule has 2 N–H and O–H groups in total. The Balaban J connectivity index is 1.88. The summed E-state index contributed by atoms with van der Waals surface area (Å²) in [6.45, 7) is 2.91. The van der Waals surface area contributed by atoms with Crippen molar-refractivity contribution in [1.82, 2.24) is 5.32 Å². The molecule has 1 saturated heterocycles. The lowest BCUT2D eigenvalue weighted by atomic mass is 9.79. The first-order chi connectivity index (χ1) is 10.0. The van der Waals surface area contributed by atoms with Gasteiger partial charge < -0.3 is 15.2 Å². The number of carbonyl (C=O) groups excluding carboxylic acids is 1. The molecule has 1 aliphatic carbocycles. The van der Waals surface area contributed by atoms with Gasteiger partial charge in [-0.25, -0.2) is 4.79 Å². The van der Waals surface area contributed by atoms with E-state index in [2.05, 4.69) is 12.2 Å². The van der Waals surface area contributed by atoms with E-state index >= 15 is 0 Å². The molecule has 1 unspecified atom stereocenters. The average molecular weight is 297 g/mol. The van der Waals surface area contributed by atoms with Crippen LogP contribution in [0, 0.1) is 11.8 Å². The Morgan fingerprint density at radius 3 is 2.43 bits per heavy atom. The van der Waals surface area contributed by atoms with Crippen LogP contribution in [-0.4, -0.2) is 35.7 Å². The normalized spacial score (nSPS) is 24.2. The third kappa shape index (κ3) is 4.19. The fraction of sp³-hybridized carbons (Fsp3) is 0.875. The first kappa shape index (κ1) is 16.3. The molecule has 5 nitrogen and oxygen atoms in total. The molecule has 0 bridgehead atoms. The van der Waals surface area contributed by atoms with Gasteiger partial charge in [0.25, 0.3) is 0 Å². The molecule has 2 fully saturated rings. The molecule has 21 heavy (non-hydrogen) atoms. The Labute approximate surface area is 126 Å². The quantitative estimate of drug-likeness (QED) is 0.816. The third-order valence-corrected chi connectivity index (χ3v) is 5.10. The summed E-state index contributed by atoms with van der Waals surface area (Å²) in [6.07, 6.45) is 7.36. The highest BCUT2D eigenvalue weighted by Crippen LogP contribution is 2.31. The number of hydrogen-bond donors (Lipinski definition) is 2. The van der Waals surface area contributed by atoms with Crippen molar-refractivity contribution in [3.63, 3.8) is 0 Å². The maximum absolute atomic E-state index is 12.3. The van der Waals surface area contributed by atoms with Crippen LogP contribution >= 0.6 is 0 Å². The summed E-state index contributed by atoms with van der Waals surface area (Å²) >= 11 is 0. The van der Waals surface area contributed by atoms with Crippen LogP contribution in [0.4, 0.5) is 0 Å². The van der Waals surface area contributed by atoms with E-state index < -0.39 is 11.5 Å². The fourth-order valence-corrected chi connectivity index (χ4v) is 3.59. The third-order valence-electron chi connectivity index (χ3n) is 5.10. The van der Waals surface area contributed by atoms with E-state index in [1.165, 1.54) is 32.1 Å². The largest absolute Gasteiger partial charge is 0.480 e. The number of hydrogen-bond acceptors (Lipinski definition) is 3. The number of carbonyl (C=O) groups is 2. The molecule has 0 aromatic rings. The predicted octanol–water partition coefficient (Wildman–Crippen LogP) is 2.34. The van der Waals surface area contributed by atoms with E-state index in [4.69, 9.17) is 4.74 Å². The lowest BCUT2D eigenvalue weighted by Gasteiger charge is -2.35. The van der Waals surface area contributed by atoms with Crippen molar-refractivity contribution in [2.45, 2.75) is 63.8 Å². The van der Waals surface area contributed by atoms with E-state index in [1.54, 1.807) is 0 Å². The highest BCUT2D eigenvalue weighted by atomic mass is 16.5. The van der Waals surface area contributed by atoms with Crippen molar-refractivity contribution in [2.75, 3.05) is 13.2 Å². The number of aliphatic carboxylic acids is 1. The molecule has 0 spiro atoms. The smallest absolute Gasteiger partial charge is 0.329 e. The van der Waals surface area contributed by atoms with E-state index in [-0.39, 0.29) is 5.91 Å². The van der Waals surface area contributed by atoms with E-state index in [9.17, 15) is 14.7 Å². The number of carboxylic acid groups (broad SMARTS) is 1. The monoisotopic (exact) mass is 297 g/mol. The molecule has 0 radical (unpaired) electrons. The van der Waals surface area contributed by atoms with E-state index in [0.717, 1.165) is 0 Å². The van der Waals surface area contributed by atoms with Gasteiger partial charge in [0.2, 0.25) is 5.91 Å². The number of rotatable bonds is 5. The average Bonchev–Trinajstić information content (AvgIpc) is 2.48. The first-order valence-electron chi connectivity index (χ1n) is 8.16. The Hall–Kier alpha value is -1.10. The molecular formula is C16H27NO4. The number of ether oxygens (including phenoxy) is 1. The molecule has 5 heteroatoms. The highest BCUT2D eigenvalue weighted by molar-refractivity contribution is 5.87. The van der Waals surface area contributed by atoms with Crippen LogP contribution < -0.4 is 5.32 Å². The Kier molecular flexibility index (Phi) is 5.62. The van der Waals surface area contributed by atoms with Crippen molar-refractivity contribution in [3.8, 4) is 0 Å². The van der Waals surface area contributed by atoms with Gasteiger partial charge in [0, 0.05) is 32.5 Å². The van der Waals surface area contributed by atoms with Crippen LogP contribution in [0.5, 0.6) is 0 Å². The maximum Gasteiger partial charge on any atom is 0.329 e. The summed E-state index contributed by atoms with van der Waals surface area (Å²) in [6, 6.07) is 0. The van der Waals surface area contributed by atoms with Crippen molar-refractivity contribution >= 4 is 11.9 Å².